The molecule has 0 atom stereocenters. The van der Waals surface area contributed by atoms with Crippen LogP contribution in [-0.4, -0.2) is 27.9 Å². The maximum Gasteiger partial charge on any atom is 0.338 e. The Morgan fingerprint density at radius 1 is 1.12 bits per heavy atom. The van der Waals surface area contributed by atoms with Gasteiger partial charge in [0.15, 0.2) is 5.16 Å². The molecule has 0 fully saturated rings. The summed E-state index contributed by atoms with van der Waals surface area (Å²) in [4.78, 5) is 29.3. The predicted molar refractivity (Wildman–Crippen MR) is 104 cm³/mol. The second-order valence-corrected chi connectivity index (χ2v) is 7.09. The van der Waals surface area contributed by atoms with E-state index in [1.54, 1.807) is 34.9 Å². The number of rotatable bonds is 6. The van der Waals surface area contributed by atoms with Crippen LogP contribution in [-0.2, 0) is 4.74 Å². The van der Waals surface area contributed by atoms with E-state index < -0.39 is 0 Å². The monoisotopic (exact) mass is 368 g/mol. The standard InChI is InChI=1S/C20H20N2O3S/c1-14(2)22-18(23)16-10-6-7-11-17(16)21-20(22)26-13-12-25-19(24)15-8-4-3-5-9-15/h3-11,14H,12-13H2,1-2H3. The van der Waals surface area contributed by atoms with Gasteiger partial charge in [0.1, 0.15) is 6.61 Å². The van der Waals surface area contributed by atoms with Crippen LogP contribution in [0.15, 0.2) is 64.5 Å². The molecule has 0 aliphatic carbocycles. The largest absolute Gasteiger partial charge is 0.461 e. The minimum absolute atomic E-state index is 0.00558. The molecular formula is C20H20N2O3S. The van der Waals surface area contributed by atoms with Crippen LogP contribution < -0.4 is 5.56 Å². The number of esters is 1. The van der Waals surface area contributed by atoms with E-state index in [1.807, 2.05) is 38.1 Å². The van der Waals surface area contributed by atoms with Crippen molar-refractivity contribution in [1.82, 2.24) is 9.55 Å². The van der Waals surface area contributed by atoms with Gasteiger partial charge in [-0.25, -0.2) is 9.78 Å². The lowest BCUT2D eigenvalue weighted by atomic mass is 10.2. The van der Waals surface area contributed by atoms with Gasteiger partial charge in [-0.05, 0) is 38.1 Å². The van der Waals surface area contributed by atoms with E-state index in [-0.39, 0.29) is 24.2 Å². The number of para-hydroxylation sites is 1. The topological polar surface area (TPSA) is 61.2 Å². The quantitative estimate of drug-likeness (QED) is 0.286. The molecule has 3 aromatic rings. The molecule has 0 unspecified atom stereocenters. The fraction of sp³-hybridized carbons (Fsp3) is 0.250. The van der Waals surface area contributed by atoms with Crippen molar-refractivity contribution in [1.29, 1.82) is 0 Å². The Bertz CT molecular complexity index is 968. The maximum absolute atomic E-state index is 12.7. The molecule has 0 saturated heterocycles. The number of carbonyl (C=O) groups excluding carboxylic acids is 1. The Kier molecular flexibility index (Phi) is 5.73. The van der Waals surface area contributed by atoms with E-state index in [4.69, 9.17) is 4.74 Å². The summed E-state index contributed by atoms with van der Waals surface area (Å²) in [6.07, 6.45) is 0. The molecule has 0 spiro atoms. The molecule has 1 heterocycles. The van der Waals surface area contributed by atoms with Crippen molar-refractivity contribution in [3.05, 3.63) is 70.5 Å². The summed E-state index contributed by atoms with van der Waals surface area (Å²) in [7, 11) is 0. The van der Waals surface area contributed by atoms with E-state index >= 15 is 0 Å². The first kappa shape index (κ1) is 18.2. The predicted octanol–water partition coefficient (Wildman–Crippen LogP) is 3.93. The van der Waals surface area contributed by atoms with Gasteiger partial charge in [0.2, 0.25) is 0 Å². The number of hydrogen-bond donors (Lipinski definition) is 0. The molecule has 0 aliphatic rings. The van der Waals surface area contributed by atoms with Crippen LogP contribution in [0.4, 0.5) is 0 Å². The van der Waals surface area contributed by atoms with E-state index in [1.165, 1.54) is 11.8 Å². The molecule has 0 N–H and O–H groups in total. The second kappa shape index (κ2) is 8.19. The minimum atomic E-state index is -0.348. The summed E-state index contributed by atoms with van der Waals surface area (Å²) in [6.45, 7) is 4.16. The Hall–Kier alpha value is -2.60. The van der Waals surface area contributed by atoms with Gasteiger partial charge in [-0.1, -0.05) is 42.1 Å². The molecule has 0 amide bonds. The highest BCUT2D eigenvalue weighted by atomic mass is 32.2. The molecule has 26 heavy (non-hydrogen) atoms. The smallest absolute Gasteiger partial charge is 0.338 e. The Balaban J connectivity index is 1.71. The number of thioether (sulfide) groups is 1. The number of aromatic nitrogens is 2. The lowest BCUT2D eigenvalue weighted by Gasteiger charge is -2.16. The zero-order valence-electron chi connectivity index (χ0n) is 14.7. The molecule has 3 rings (SSSR count). The molecular weight excluding hydrogens is 348 g/mol. The zero-order chi connectivity index (χ0) is 18.5. The van der Waals surface area contributed by atoms with Gasteiger partial charge in [0, 0.05) is 11.8 Å². The van der Waals surface area contributed by atoms with Crippen LogP contribution >= 0.6 is 11.8 Å². The molecule has 1 aromatic heterocycles. The fourth-order valence-corrected chi connectivity index (χ4v) is 3.55. The molecule has 134 valence electrons. The highest BCUT2D eigenvalue weighted by molar-refractivity contribution is 7.99. The van der Waals surface area contributed by atoms with Crippen LogP contribution in [0.1, 0.15) is 30.2 Å². The summed E-state index contributed by atoms with van der Waals surface area (Å²) < 4.78 is 6.98. The van der Waals surface area contributed by atoms with Crippen LogP contribution in [0, 0.1) is 0 Å². The fourth-order valence-electron chi connectivity index (χ4n) is 2.61. The number of hydrogen-bond acceptors (Lipinski definition) is 5. The number of fused-ring (bicyclic) bond motifs is 1. The van der Waals surface area contributed by atoms with Crippen molar-refractivity contribution in [3.8, 4) is 0 Å². The second-order valence-electron chi connectivity index (χ2n) is 6.03. The van der Waals surface area contributed by atoms with Gasteiger partial charge in [0.25, 0.3) is 5.56 Å². The van der Waals surface area contributed by atoms with E-state index in [2.05, 4.69) is 4.98 Å². The van der Waals surface area contributed by atoms with Crippen molar-refractivity contribution >= 4 is 28.6 Å². The van der Waals surface area contributed by atoms with E-state index in [0.717, 1.165) is 0 Å². The average Bonchev–Trinajstić information content (AvgIpc) is 2.65. The molecule has 0 radical (unpaired) electrons. The third-order valence-corrected chi connectivity index (χ3v) is 4.77. The Labute approximate surface area is 156 Å². The van der Waals surface area contributed by atoms with Crippen molar-refractivity contribution < 1.29 is 9.53 Å². The number of ether oxygens (including phenoxy) is 1. The molecule has 2 aromatic carbocycles. The summed E-state index contributed by atoms with van der Waals surface area (Å²) in [5.74, 6) is 0.176. The van der Waals surface area contributed by atoms with Crippen molar-refractivity contribution in [2.75, 3.05) is 12.4 Å². The van der Waals surface area contributed by atoms with E-state index in [9.17, 15) is 9.59 Å². The summed E-state index contributed by atoms with van der Waals surface area (Å²) in [5.41, 5.74) is 1.16. The van der Waals surface area contributed by atoms with Gasteiger partial charge < -0.3 is 4.74 Å². The molecule has 0 bridgehead atoms. The van der Waals surface area contributed by atoms with Crippen LogP contribution in [0.3, 0.4) is 0 Å². The minimum Gasteiger partial charge on any atom is -0.461 e. The maximum atomic E-state index is 12.7. The van der Waals surface area contributed by atoms with E-state index in [0.29, 0.717) is 27.4 Å². The van der Waals surface area contributed by atoms with Gasteiger partial charge >= 0.3 is 5.97 Å². The SMILES string of the molecule is CC(C)n1c(SCCOC(=O)c2ccccc2)nc2ccccc2c1=O. The van der Waals surface area contributed by atoms with Crippen LogP contribution in [0.5, 0.6) is 0 Å². The van der Waals surface area contributed by atoms with Crippen molar-refractivity contribution in [2.24, 2.45) is 0 Å². The third kappa shape index (κ3) is 3.96. The Morgan fingerprint density at radius 2 is 1.81 bits per heavy atom. The lowest BCUT2D eigenvalue weighted by Crippen LogP contribution is -2.25. The molecule has 6 heteroatoms. The number of benzene rings is 2. The first-order chi connectivity index (χ1) is 12.6. The summed E-state index contributed by atoms with van der Waals surface area (Å²) in [6, 6.07) is 16.2. The van der Waals surface area contributed by atoms with Gasteiger partial charge in [-0.15, -0.1) is 0 Å². The Morgan fingerprint density at radius 3 is 2.54 bits per heavy atom. The summed E-state index contributed by atoms with van der Waals surface area (Å²) in [5, 5.41) is 1.25. The first-order valence-electron chi connectivity index (χ1n) is 8.44. The normalized spacial score (nSPS) is 11.0. The van der Waals surface area contributed by atoms with Gasteiger partial charge in [-0.2, -0.15) is 0 Å². The highest BCUT2D eigenvalue weighted by Gasteiger charge is 2.14. The lowest BCUT2D eigenvalue weighted by molar-refractivity contribution is 0.0530. The zero-order valence-corrected chi connectivity index (χ0v) is 15.5. The van der Waals surface area contributed by atoms with Crippen LogP contribution in [0.2, 0.25) is 0 Å². The molecule has 5 nitrogen and oxygen atoms in total. The molecule has 0 aliphatic heterocycles. The van der Waals surface area contributed by atoms with Crippen LogP contribution in [0.25, 0.3) is 10.9 Å². The third-order valence-electron chi connectivity index (χ3n) is 3.85. The van der Waals surface area contributed by atoms with Crippen molar-refractivity contribution in [3.63, 3.8) is 0 Å². The van der Waals surface area contributed by atoms with Gasteiger partial charge in [-0.3, -0.25) is 9.36 Å². The highest BCUT2D eigenvalue weighted by Crippen LogP contribution is 2.20. The average molecular weight is 368 g/mol. The molecule has 0 saturated carbocycles. The first-order valence-corrected chi connectivity index (χ1v) is 9.42. The number of carbonyl (C=O) groups is 1. The number of nitrogens with zero attached hydrogens (tertiary/aromatic N) is 2. The van der Waals surface area contributed by atoms with Crippen molar-refractivity contribution in [2.45, 2.75) is 25.0 Å². The van der Waals surface area contributed by atoms with Gasteiger partial charge in [0.05, 0.1) is 16.5 Å². The summed E-state index contributed by atoms with van der Waals surface area (Å²) >= 11 is 1.42.